The summed E-state index contributed by atoms with van der Waals surface area (Å²) < 4.78 is 19.7. The summed E-state index contributed by atoms with van der Waals surface area (Å²) in [5, 5.41) is 14.3. The van der Waals surface area contributed by atoms with Gasteiger partial charge in [-0.2, -0.15) is 0 Å². The van der Waals surface area contributed by atoms with Gasteiger partial charge in [-0.05, 0) is 54.1 Å². The number of nitrogens with zero attached hydrogens (tertiary/aromatic N) is 1. The van der Waals surface area contributed by atoms with Crippen molar-refractivity contribution in [3.05, 3.63) is 94.3 Å². The first-order valence-corrected chi connectivity index (χ1v) is 9.63. The predicted molar refractivity (Wildman–Crippen MR) is 112 cm³/mol. The smallest absolute Gasteiger partial charge is 0.129 e. The van der Waals surface area contributed by atoms with E-state index >= 15 is 0 Å². The molecule has 1 aliphatic heterocycles. The van der Waals surface area contributed by atoms with Crippen molar-refractivity contribution in [2.75, 3.05) is 7.11 Å². The summed E-state index contributed by atoms with van der Waals surface area (Å²) in [6, 6.07) is 18.8. The lowest BCUT2D eigenvalue weighted by Gasteiger charge is -2.31. The van der Waals surface area contributed by atoms with Crippen LogP contribution >= 0.6 is 11.6 Å². The summed E-state index contributed by atoms with van der Waals surface area (Å²) in [5.41, 5.74) is 2.83. The number of halogens is 2. The Bertz CT molecular complexity index is 1050. The molecule has 1 heterocycles. The van der Waals surface area contributed by atoms with E-state index in [2.05, 4.69) is 5.32 Å². The predicted octanol–water partition coefficient (Wildman–Crippen LogP) is 5.42. The third-order valence-corrected chi connectivity index (χ3v) is 5.26. The van der Waals surface area contributed by atoms with Crippen LogP contribution < -0.4 is 10.1 Å². The van der Waals surface area contributed by atoms with Gasteiger partial charge in [-0.1, -0.05) is 29.8 Å². The van der Waals surface area contributed by atoms with Gasteiger partial charge in [0.2, 0.25) is 0 Å². The summed E-state index contributed by atoms with van der Waals surface area (Å²) in [7, 11) is 1.61. The lowest BCUT2D eigenvalue weighted by molar-refractivity contribution is 0.405. The minimum Gasteiger partial charge on any atom is -0.508 e. The van der Waals surface area contributed by atoms with Crippen molar-refractivity contribution in [2.45, 2.75) is 18.6 Å². The maximum Gasteiger partial charge on any atom is 0.129 e. The number of aromatic hydroxyl groups is 1. The fraction of sp³-hybridized carbons (Fsp3) is 0.174. The first-order valence-electron chi connectivity index (χ1n) is 9.25. The molecule has 0 fully saturated rings. The third-order valence-electron chi connectivity index (χ3n) is 5.03. The molecule has 4 rings (SSSR count). The summed E-state index contributed by atoms with van der Waals surface area (Å²) in [6.45, 7) is 0. The normalized spacial score (nSPS) is 18.9. The van der Waals surface area contributed by atoms with Crippen LogP contribution in [0.5, 0.6) is 11.5 Å². The van der Waals surface area contributed by atoms with E-state index < -0.39 is 6.17 Å². The molecule has 29 heavy (non-hydrogen) atoms. The molecular weight excluding hydrogens is 391 g/mol. The zero-order valence-corrected chi connectivity index (χ0v) is 16.5. The van der Waals surface area contributed by atoms with Crippen LogP contribution in [0.15, 0.2) is 71.7 Å². The van der Waals surface area contributed by atoms with Crippen molar-refractivity contribution in [3.8, 4) is 11.5 Å². The van der Waals surface area contributed by atoms with E-state index in [0.29, 0.717) is 22.6 Å². The first kappa shape index (κ1) is 19.4. The number of hydrogen-bond acceptors (Lipinski definition) is 4. The van der Waals surface area contributed by atoms with E-state index in [9.17, 15) is 9.50 Å². The van der Waals surface area contributed by atoms with Gasteiger partial charge in [0.25, 0.3) is 0 Å². The Labute approximate surface area is 173 Å². The lowest BCUT2D eigenvalue weighted by Crippen LogP contribution is -2.33. The van der Waals surface area contributed by atoms with Gasteiger partial charge < -0.3 is 9.84 Å². The van der Waals surface area contributed by atoms with Gasteiger partial charge in [0.1, 0.15) is 23.5 Å². The molecule has 6 heteroatoms. The SMILES string of the molecule is COc1ccc(C2=NC(c3ccccc3F)NC(c3cc(Cl)ccc3O)C2)cc1. The molecule has 0 aliphatic carbocycles. The van der Waals surface area contributed by atoms with Crippen LogP contribution in [0.1, 0.15) is 35.3 Å². The quantitative estimate of drug-likeness (QED) is 0.604. The van der Waals surface area contributed by atoms with Crippen LogP contribution in [-0.2, 0) is 0 Å². The first-order chi connectivity index (χ1) is 14.0. The van der Waals surface area contributed by atoms with E-state index in [1.165, 1.54) is 6.07 Å². The average molecular weight is 411 g/mol. The Morgan fingerprint density at radius 3 is 2.55 bits per heavy atom. The third kappa shape index (κ3) is 4.11. The number of methoxy groups -OCH3 is 1. The lowest BCUT2D eigenvalue weighted by atomic mass is 9.93. The molecule has 0 spiro atoms. The number of rotatable bonds is 4. The highest BCUT2D eigenvalue weighted by atomic mass is 35.5. The number of ether oxygens (including phenoxy) is 1. The number of phenols is 1. The van der Waals surface area contributed by atoms with Crippen molar-refractivity contribution >= 4 is 17.3 Å². The Hall–Kier alpha value is -2.89. The summed E-state index contributed by atoms with van der Waals surface area (Å²) in [4.78, 5) is 4.78. The number of aliphatic imine (C=N–C) groups is 1. The molecule has 0 amide bonds. The topological polar surface area (TPSA) is 53.8 Å². The molecule has 148 valence electrons. The number of benzene rings is 3. The Morgan fingerprint density at radius 1 is 1.07 bits per heavy atom. The van der Waals surface area contributed by atoms with E-state index in [1.807, 2.05) is 24.3 Å². The van der Waals surface area contributed by atoms with Crippen molar-refractivity contribution < 1.29 is 14.2 Å². The van der Waals surface area contributed by atoms with Crippen LogP contribution in [0.4, 0.5) is 4.39 Å². The second-order valence-electron chi connectivity index (χ2n) is 6.85. The second-order valence-corrected chi connectivity index (χ2v) is 7.29. The summed E-state index contributed by atoms with van der Waals surface area (Å²) in [6.07, 6.45) is -0.0732. The zero-order chi connectivity index (χ0) is 20.4. The van der Waals surface area contributed by atoms with Crippen LogP contribution in [0.2, 0.25) is 5.02 Å². The molecule has 0 bridgehead atoms. The standard InChI is InChI=1S/C23H20ClFN2O2/c1-29-16-9-6-14(7-10-16)20-13-21(18-12-15(24)8-11-22(18)28)27-23(26-20)17-4-2-3-5-19(17)25/h2-12,21,23,27-28H,13H2,1H3. The largest absolute Gasteiger partial charge is 0.508 e. The maximum atomic E-state index is 14.5. The van der Waals surface area contributed by atoms with Gasteiger partial charge in [0.05, 0.1) is 7.11 Å². The Kier molecular flexibility index (Phi) is 5.51. The highest BCUT2D eigenvalue weighted by Gasteiger charge is 2.29. The van der Waals surface area contributed by atoms with E-state index in [4.69, 9.17) is 21.3 Å². The molecule has 2 N–H and O–H groups in total. The van der Waals surface area contributed by atoms with Gasteiger partial charge in [-0.3, -0.25) is 10.3 Å². The highest BCUT2D eigenvalue weighted by Crippen LogP contribution is 2.36. The van der Waals surface area contributed by atoms with Gasteiger partial charge in [0, 0.05) is 34.3 Å². The van der Waals surface area contributed by atoms with Gasteiger partial charge >= 0.3 is 0 Å². The number of phenolic OH excluding ortho intramolecular Hbond substituents is 1. The molecule has 0 saturated carbocycles. The fourth-order valence-corrected chi connectivity index (χ4v) is 3.71. The van der Waals surface area contributed by atoms with Gasteiger partial charge in [-0.25, -0.2) is 4.39 Å². The van der Waals surface area contributed by atoms with Crippen molar-refractivity contribution in [1.82, 2.24) is 5.32 Å². The monoisotopic (exact) mass is 410 g/mol. The molecule has 0 radical (unpaired) electrons. The van der Waals surface area contributed by atoms with Gasteiger partial charge in [0.15, 0.2) is 0 Å². The van der Waals surface area contributed by atoms with Crippen LogP contribution in [0.3, 0.4) is 0 Å². The number of nitrogens with one attached hydrogen (secondary N) is 1. The highest BCUT2D eigenvalue weighted by molar-refractivity contribution is 6.30. The maximum absolute atomic E-state index is 14.5. The van der Waals surface area contributed by atoms with Crippen LogP contribution in [0.25, 0.3) is 0 Å². The average Bonchev–Trinajstić information content (AvgIpc) is 2.75. The van der Waals surface area contributed by atoms with E-state index in [1.54, 1.807) is 43.5 Å². The van der Waals surface area contributed by atoms with Crippen LogP contribution in [0, 0.1) is 5.82 Å². The molecule has 0 aromatic heterocycles. The van der Waals surface area contributed by atoms with Gasteiger partial charge in [-0.15, -0.1) is 0 Å². The molecule has 2 unspecified atom stereocenters. The summed E-state index contributed by atoms with van der Waals surface area (Å²) in [5.74, 6) is 0.548. The van der Waals surface area contributed by atoms with E-state index in [0.717, 1.165) is 17.0 Å². The van der Waals surface area contributed by atoms with Crippen molar-refractivity contribution in [1.29, 1.82) is 0 Å². The van der Waals surface area contributed by atoms with Crippen molar-refractivity contribution in [2.24, 2.45) is 4.99 Å². The van der Waals surface area contributed by atoms with E-state index in [-0.39, 0.29) is 17.6 Å². The fourth-order valence-electron chi connectivity index (χ4n) is 3.52. The molecule has 3 aromatic rings. The number of hydrogen-bond donors (Lipinski definition) is 2. The molecule has 4 nitrogen and oxygen atoms in total. The van der Waals surface area contributed by atoms with Crippen LogP contribution in [-0.4, -0.2) is 17.9 Å². The Morgan fingerprint density at radius 2 is 1.83 bits per heavy atom. The summed E-state index contributed by atoms with van der Waals surface area (Å²) >= 11 is 6.16. The second kappa shape index (κ2) is 8.23. The molecule has 1 aliphatic rings. The molecule has 0 saturated heterocycles. The Balaban J connectivity index is 1.77. The molecule has 3 aromatic carbocycles. The minimum atomic E-state index is -0.592. The molecular formula is C23H20ClFN2O2. The zero-order valence-electron chi connectivity index (χ0n) is 15.8. The minimum absolute atomic E-state index is 0.134. The van der Waals surface area contributed by atoms with Crippen molar-refractivity contribution in [3.63, 3.8) is 0 Å². The molecule has 2 atom stereocenters.